The zero-order chi connectivity index (χ0) is 10.4. The van der Waals surface area contributed by atoms with E-state index in [0.29, 0.717) is 5.75 Å². The highest BCUT2D eigenvalue weighted by atomic mass is 32.2. The summed E-state index contributed by atoms with van der Waals surface area (Å²) < 4.78 is 0. The minimum atomic E-state index is -0.328. The van der Waals surface area contributed by atoms with Gasteiger partial charge in [-0.3, -0.25) is 0 Å². The van der Waals surface area contributed by atoms with Crippen molar-refractivity contribution in [1.29, 1.82) is 0 Å². The second-order valence-electron chi connectivity index (χ2n) is 3.30. The van der Waals surface area contributed by atoms with Gasteiger partial charge in [0.1, 0.15) is 6.29 Å². The van der Waals surface area contributed by atoms with E-state index in [0.717, 1.165) is 12.0 Å². The molecule has 0 aromatic heterocycles. The number of hydrogen-bond donors (Lipinski definition) is 1. The van der Waals surface area contributed by atoms with Crippen LogP contribution in [0.2, 0.25) is 0 Å². The highest BCUT2D eigenvalue weighted by molar-refractivity contribution is 7.98. The van der Waals surface area contributed by atoms with E-state index in [-0.39, 0.29) is 6.04 Å². The van der Waals surface area contributed by atoms with E-state index in [2.05, 4.69) is 31.2 Å². The number of benzene rings is 1. The van der Waals surface area contributed by atoms with Crippen LogP contribution in [0.15, 0.2) is 24.3 Å². The molecule has 0 aliphatic rings. The summed E-state index contributed by atoms with van der Waals surface area (Å²) in [5.74, 6) is 1.61. The summed E-state index contributed by atoms with van der Waals surface area (Å²) in [5.41, 5.74) is 8.02. The molecule has 0 aliphatic heterocycles. The first kappa shape index (κ1) is 11.3. The normalized spacial score (nSPS) is 12.4. The van der Waals surface area contributed by atoms with Gasteiger partial charge in [0.2, 0.25) is 0 Å². The smallest absolute Gasteiger partial charge is 0.137 e. The molecule has 76 valence electrons. The lowest BCUT2D eigenvalue weighted by Gasteiger charge is -2.04. The zero-order valence-corrected chi connectivity index (χ0v) is 9.09. The van der Waals surface area contributed by atoms with Gasteiger partial charge in [0.05, 0.1) is 6.04 Å². The van der Waals surface area contributed by atoms with Crippen LogP contribution >= 0.6 is 11.8 Å². The Kier molecular flexibility index (Phi) is 4.70. The average molecular weight is 209 g/mol. The van der Waals surface area contributed by atoms with Crippen molar-refractivity contribution in [2.24, 2.45) is 5.73 Å². The van der Waals surface area contributed by atoms with Crippen LogP contribution in [-0.4, -0.2) is 18.1 Å². The maximum atomic E-state index is 10.3. The highest BCUT2D eigenvalue weighted by Gasteiger charge is 1.99. The summed E-state index contributed by atoms with van der Waals surface area (Å²) in [6.45, 7) is 2.07. The van der Waals surface area contributed by atoms with Gasteiger partial charge in [-0.05, 0) is 12.5 Å². The molecule has 3 heteroatoms. The average Bonchev–Trinajstić information content (AvgIpc) is 2.21. The van der Waals surface area contributed by atoms with Gasteiger partial charge in [0.15, 0.2) is 0 Å². The number of nitrogens with two attached hydrogens (primary N) is 1. The molecule has 0 amide bonds. The van der Waals surface area contributed by atoms with Gasteiger partial charge in [-0.25, -0.2) is 0 Å². The molecule has 0 saturated carbocycles. The van der Waals surface area contributed by atoms with E-state index in [1.54, 1.807) is 11.8 Å². The predicted octanol–water partition coefficient (Wildman–Crippen LogP) is 1.75. The number of hydrogen-bond acceptors (Lipinski definition) is 3. The van der Waals surface area contributed by atoms with E-state index < -0.39 is 0 Å². The topological polar surface area (TPSA) is 43.1 Å². The second-order valence-corrected chi connectivity index (χ2v) is 4.33. The maximum absolute atomic E-state index is 10.3. The number of aryl methyl sites for hydroxylation is 1. The Labute approximate surface area is 88.9 Å². The second kappa shape index (κ2) is 5.83. The van der Waals surface area contributed by atoms with Crippen molar-refractivity contribution < 1.29 is 4.79 Å². The highest BCUT2D eigenvalue weighted by Crippen LogP contribution is 2.12. The molecule has 1 aromatic rings. The van der Waals surface area contributed by atoms with E-state index in [4.69, 9.17) is 5.73 Å². The predicted molar refractivity (Wildman–Crippen MR) is 61.4 cm³/mol. The molecular formula is C11H15NOS. The molecule has 0 spiro atoms. The Morgan fingerprint density at radius 2 is 2.07 bits per heavy atom. The third-order valence-electron chi connectivity index (χ3n) is 1.87. The van der Waals surface area contributed by atoms with E-state index in [1.807, 2.05) is 0 Å². The lowest BCUT2D eigenvalue weighted by molar-refractivity contribution is -0.108. The Morgan fingerprint density at radius 3 is 2.64 bits per heavy atom. The Hall–Kier alpha value is -0.800. The molecule has 0 fully saturated rings. The fourth-order valence-corrected chi connectivity index (χ4v) is 1.93. The van der Waals surface area contributed by atoms with Crippen LogP contribution in [0.5, 0.6) is 0 Å². The first-order chi connectivity index (χ1) is 6.72. The lowest BCUT2D eigenvalue weighted by atomic mass is 10.2. The standard InChI is InChI=1S/C11H15NOS/c1-9-2-4-10(5-3-9)7-14-8-11(12)6-13/h2-6,11H,7-8,12H2,1H3/t11-/m1/s1. The van der Waals surface area contributed by atoms with Crippen molar-refractivity contribution in [2.75, 3.05) is 5.75 Å². The maximum Gasteiger partial charge on any atom is 0.137 e. The molecule has 2 nitrogen and oxygen atoms in total. The van der Waals surface area contributed by atoms with Crippen molar-refractivity contribution in [1.82, 2.24) is 0 Å². The van der Waals surface area contributed by atoms with Gasteiger partial charge < -0.3 is 10.5 Å². The summed E-state index contributed by atoms with van der Waals surface area (Å²) in [6, 6.07) is 8.07. The molecule has 1 aromatic carbocycles. The van der Waals surface area contributed by atoms with E-state index in [9.17, 15) is 4.79 Å². The Morgan fingerprint density at radius 1 is 1.43 bits per heavy atom. The number of carbonyl (C=O) groups is 1. The minimum absolute atomic E-state index is 0.328. The fraction of sp³-hybridized carbons (Fsp3) is 0.364. The monoisotopic (exact) mass is 209 g/mol. The number of rotatable bonds is 5. The van der Waals surface area contributed by atoms with Gasteiger partial charge in [0.25, 0.3) is 0 Å². The first-order valence-electron chi connectivity index (χ1n) is 4.56. The van der Waals surface area contributed by atoms with Gasteiger partial charge in [-0.1, -0.05) is 29.8 Å². The zero-order valence-electron chi connectivity index (χ0n) is 8.27. The van der Waals surface area contributed by atoms with Gasteiger partial charge in [-0.2, -0.15) is 11.8 Å². The van der Waals surface area contributed by atoms with Crippen molar-refractivity contribution in [3.63, 3.8) is 0 Å². The molecule has 0 saturated heterocycles. The SMILES string of the molecule is Cc1ccc(CSC[C@H](N)C=O)cc1. The van der Waals surface area contributed by atoms with Crippen LogP contribution in [0.1, 0.15) is 11.1 Å². The van der Waals surface area contributed by atoms with E-state index >= 15 is 0 Å². The summed E-state index contributed by atoms with van der Waals surface area (Å²) in [7, 11) is 0. The molecule has 0 aliphatic carbocycles. The third kappa shape index (κ3) is 3.94. The summed E-state index contributed by atoms with van der Waals surface area (Å²) in [5, 5.41) is 0. The van der Waals surface area contributed by atoms with Gasteiger partial charge in [-0.15, -0.1) is 0 Å². The van der Waals surface area contributed by atoms with Crippen LogP contribution in [-0.2, 0) is 10.5 Å². The van der Waals surface area contributed by atoms with Crippen molar-refractivity contribution in [3.8, 4) is 0 Å². The molecular weight excluding hydrogens is 194 g/mol. The molecule has 14 heavy (non-hydrogen) atoms. The first-order valence-corrected chi connectivity index (χ1v) is 5.72. The van der Waals surface area contributed by atoms with Gasteiger partial charge in [0, 0.05) is 11.5 Å². The summed E-state index contributed by atoms with van der Waals surface area (Å²) in [6.07, 6.45) is 0.794. The molecule has 0 heterocycles. The molecule has 0 radical (unpaired) electrons. The molecule has 2 N–H and O–H groups in total. The molecule has 0 bridgehead atoms. The quantitative estimate of drug-likeness (QED) is 0.751. The Bertz CT molecular complexity index is 284. The van der Waals surface area contributed by atoms with Crippen LogP contribution in [0.25, 0.3) is 0 Å². The number of thioether (sulfide) groups is 1. The third-order valence-corrected chi connectivity index (χ3v) is 3.03. The van der Waals surface area contributed by atoms with Crippen molar-refractivity contribution >= 4 is 18.0 Å². The summed E-state index contributed by atoms with van der Waals surface area (Å²) >= 11 is 1.69. The number of carbonyl (C=O) groups excluding carboxylic acids is 1. The van der Waals surface area contributed by atoms with E-state index in [1.165, 1.54) is 11.1 Å². The lowest BCUT2D eigenvalue weighted by Crippen LogP contribution is -2.24. The van der Waals surface area contributed by atoms with Gasteiger partial charge >= 0.3 is 0 Å². The summed E-state index contributed by atoms with van der Waals surface area (Å²) in [4.78, 5) is 10.3. The van der Waals surface area contributed by atoms with Crippen molar-refractivity contribution in [2.45, 2.75) is 18.7 Å². The van der Waals surface area contributed by atoms with Crippen LogP contribution < -0.4 is 5.73 Å². The molecule has 0 unspecified atom stereocenters. The van der Waals surface area contributed by atoms with Crippen LogP contribution in [0, 0.1) is 6.92 Å². The fourth-order valence-electron chi connectivity index (χ4n) is 1.04. The minimum Gasteiger partial charge on any atom is -0.321 e. The van der Waals surface area contributed by atoms with Crippen LogP contribution in [0.3, 0.4) is 0 Å². The van der Waals surface area contributed by atoms with Crippen LogP contribution in [0.4, 0.5) is 0 Å². The largest absolute Gasteiger partial charge is 0.321 e. The Balaban J connectivity index is 2.31. The molecule has 1 atom stereocenters. The number of aldehydes is 1. The van der Waals surface area contributed by atoms with Crippen molar-refractivity contribution in [3.05, 3.63) is 35.4 Å². The molecule has 1 rings (SSSR count).